The van der Waals surface area contributed by atoms with Crippen LogP contribution in [0.3, 0.4) is 0 Å². The van der Waals surface area contributed by atoms with Crippen molar-refractivity contribution in [2.75, 3.05) is 11.4 Å². The number of rotatable bonds is 5. The maximum absolute atomic E-state index is 12.3. The lowest BCUT2D eigenvalue weighted by Crippen LogP contribution is -2.26. The van der Waals surface area contributed by atoms with Gasteiger partial charge in [0.15, 0.2) is 0 Å². The second kappa shape index (κ2) is 7.60. The average molecular weight is 470 g/mol. The summed E-state index contributed by atoms with van der Waals surface area (Å²) in [6, 6.07) is 3.98. The van der Waals surface area contributed by atoms with E-state index in [-0.39, 0.29) is 24.8 Å². The quantitative estimate of drug-likeness (QED) is 0.494. The van der Waals surface area contributed by atoms with Crippen molar-refractivity contribution in [2.45, 2.75) is 40.0 Å². The molecule has 0 radical (unpaired) electrons. The van der Waals surface area contributed by atoms with Crippen molar-refractivity contribution in [3.8, 4) is 0 Å². The number of ether oxygens (including phenoxy) is 2. The largest absolute Gasteiger partial charge is 0.459 e. The number of aryl methyl sites for hydroxylation is 2. The Kier molecular flexibility index (Phi) is 5.44. The van der Waals surface area contributed by atoms with Crippen LogP contribution in [0.15, 0.2) is 18.3 Å². The van der Waals surface area contributed by atoms with Crippen molar-refractivity contribution in [3.05, 3.63) is 38.7 Å². The molecule has 1 atom stereocenters. The van der Waals surface area contributed by atoms with E-state index in [4.69, 9.17) is 9.47 Å². The third kappa shape index (κ3) is 4.14. The first-order valence-corrected chi connectivity index (χ1v) is 9.18. The molecule has 1 aliphatic heterocycles. The second-order valence-electron chi connectivity index (χ2n) is 6.22. The Hall–Kier alpha value is -2.17. The first-order valence-electron chi connectivity index (χ1n) is 8.10. The lowest BCUT2D eigenvalue weighted by Gasteiger charge is -2.16. The molecule has 2 aromatic rings. The highest BCUT2D eigenvalue weighted by atomic mass is 127. The lowest BCUT2D eigenvalue weighted by atomic mass is 10.1. The highest BCUT2D eigenvalue weighted by Gasteiger charge is 2.33. The summed E-state index contributed by atoms with van der Waals surface area (Å²) in [6.45, 7) is 6.29. The van der Waals surface area contributed by atoms with E-state index < -0.39 is 0 Å². The maximum atomic E-state index is 12.3. The Labute approximate surface area is 164 Å². The number of amides is 1. The van der Waals surface area contributed by atoms with Crippen molar-refractivity contribution >= 4 is 40.3 Å². The number of aromatic nitrogens is 3. The third-order valence-corrected chi connectivity index (χ3v) is 5.71. The van der Waals surface area contributed by atoms with Crippen molar-refractivity contribution < 1.29 is 19.1 Å². The minimum atomic E-state index is -0.372. The van der Waals surface area contributed by atoms with Gasteiger partial charge in [0.2, 0.25) is 0 Å². The predicted octanol–water partition coefficient (Wildman–Crippen LogP) is 2.59. The number of benzene rings is 1. The number of carbonyl (C=O) groups excluding carboxylic acids is 2. The molecule has 0 saturated carbocycles. The number of hydrogen-bond acceptors (Lipinski definition) is 6. The van der Waals surface area contributed by atoms with Crippen molar-refractivity contribution in [1.82, 2.24) is 15.0 Å². The normalized spacial score (nSPS) is 16.7. The molecule has 138 valence electrons. The summed E-state index contributed by atoms with van der Waals surface area (Å²) in [5.74, 6) is -0.372. The van der Waals surface area contributed by atoms with Crippen LogP contribution in [0.5, 0.6) is 0 Å². The summed E-state index contributed by atoms with van der Waals surface area (Å²) in [5, 5.41) is 7.92. The van der Waals surface area contributed by atoms with Crippen molar-refractivity contribution in [1.29, 1.82) is 0 Å². The monoisotopic (exact) mass is 470 g/mol. The Balaban J connectivity index is 1.66. The number of carbonyl (C=O) groups is 2. The summed E-state index contributed by atoms with van der Waals surface area (Å²) in [4.78, 5) is 24.7. The summed E-state index contributed by atoms with van der Waals surface area (Å²) in [7, 11) is 0. The van der Waals surface area contributed by atoms with Gasteiger partial charge in [-0.05, 0) is 59.7 Å². The zero-order chi connectivity index (χ0) is 18.8. The average Bonchev–Trinajstić information content (AvgIpc) is 3.17. The van der Waals surface area contributed by atoms with E-state index in [9.17, 15) is 9.59 Å². The zero-order valence-electron chi connectivity index (χ0n) is 14.7. The van der Waals surface area contributed by atoms with Gasteiger partial charge in [-0.25, -0.2) is 9.48 Å². The minimum absolute atomic E-state index is 0.0765. The third-order valence-electron chi connectivity index (χ3n) is 4.01. The van der Waals surface area contributed by atoms with Gasteiger partial charge in [-0.3, -0.25) is 9.69 Å². The maximum Gasteiger partial charge on any atom is 0.414 e. The molecule has 1 aromatic heterocycles. The molecule has 9 heteroatoms. The Morgan fingerprint density at radius 2 is 2.08 bits per heavy atom. The molecule has 1 fully saturated rings. The highest BCUT2D eigenvalue weighted by molar-refractivity contribution is 14.1. The van der Waals surface area contributed by atoms with Crippen LogP contribution in [-0.4, -0.2) is 39.7 Å². The van der Waals surface area contributed by atoms with Gasteiger partial charge in [0.05, 0.1) is 19.3 Å². The van der Waals surface area contributed by atoms with Crippen LogP contribution in [0.25, 0.3) is 0 Å². The number of hydrogen-bond donors (Lipinski definition) is 0. The Bertz CT molecular complexity index is 828. The Morgan fingerprint density at radius 1 is 1.38 bits per heavy atom. The first kappa shape index (κ1) is 18.6. The number of anilines is 1. The molecule has 1 unspecified atom stereocenters. The van der Waals surface area contributed by atoms with E-state index in [1.54, 1.807) is 15.8 Å². The Morgan fingerprint density at radius 3 is 2.73 bits per heavy atom. The molecular weight excluding hydrogens is 451 g/mol. The van der Waals surface area contributed by atoms with Gasteiger partial charge in [0, 0.05) is 16.2 Å². The van der Waals surface area contributed by atoms with Gasteiger partial charge in [-0.15, -0.1) is 5.10 Å². The van der Waals surface area contributed by atoms with Gasteiger partial charge in [0.25, 0.3) is 0 Å². The van der Waals surface area contributed by atoms with Crippen LogP contribution in [0.4, 0.5) is 10.5 Å². The fraction of sp³-hybridized carbons (Fsp3) is 0.412. The summed E-state index contributed by atoms with van der Waals surface area (Å²) < 4.78 is 13.1. The molecule has 0 bridgehead atoms. The van der Waals surface area contributed by atoms with Crippen LogP contribution < -0.4 is 4.90 Å². The molecule has 0 N–H and O–H groups in total. The van der Waals surface area contributed by atoms with Crippen LogP contribution >= 0.6 is 22.6 Å². The van der Waals surface area contributed by atoms with Crippen LogP contribution in [-0.2, 0) is 27.4 Å². The second-order valence-corrected chi connectivity index (χ2v) is 7.30. The number of halogens is 1. The van der Waals surface area contributed by atoms with Crippen LogP contribution in [0.2, 0.25) is 0 Å². The molecule has 1 aromatic carbocycles. The molecule has 3 rings (SSSR count). The fourth-order valence-corrected chi connectivity index (χ4v) is 3.10. The molecular formula is C17H19IN4O4. The standard InChI is InChI=1S/C17H19IN4O4/c1-10-4-14(5-11(2)16(10)18)22-8-15(26-17(22)24)7-21-6-13(19-20-21)9-25-12(3)23/h4-6,15H,7-9H2,1-3H3. The van der Waals surface area contributed by atoms with Gasteiger partial charge in [-0.1, -0.05) is 5.21 Å². The molecule has 0 aliphatic carbocycles. The van der Waals surface area contributed by atoms with Crippen molar-refractivity contribution in [2.24, 2.45) is 0 Å². The number of esters is 1. The predicted molar refractivity (Wildman–Crippen MR) is 102 cm³/mol. The summed E-state index contributed by atoms with van der Waals surface area (Å²) >= 11 is 2.30. The minimum Gasteiger partial charge on any atom is -0.459 e. The SMILES string of the molecule is CC(=O)OCc1cn(CC2CN(c3cc(C)c(I)c(C)c3)C(=O)O2)nn1. The lowest BCUT2D eigenvalue weighted by molar-refractivity contribution is -0.142. The van der Waals surface area contributed by atoms with E-state index in [2.05, 4.69) is 32.9 Å². The van der Waals surface area contributed by atoms with E-state index in [1.807, 2.05) is 26.0 Å². The van der Waals surface area contributed by atoms with E-state index in [1.165, 1.54) is 10.5 Å². The van der Waals surface area contributed by atoms with Crippen LogP contribution in [0.1, 0.15) is 23.7 Å². The molecule has 2 heterocycles. The molecule has 8 nitrogen and oxygen atoms in total. The summed E-state index contributed by atoms with van der Waals surface area (Å²) in [6.07, 6.45) is 0.986. The van der Waals surface area contributed by atoms with Gasteiger partial charge in [0.1, 0.15) is 18.4 Å². The van der Waals surface area contributed by atoms with Gasteiger partial charge < -0.3 is 9.47 Å². The van der Waals surface area contributed by atoms with Crippen LogP contribution in [0, 0.1) is 17.4 Å². The zero-order valence-corrected chi connectivity index (χ0v) is 16.9. The molecule has 26 heavy (non-hydrogen) atoms. The van der Waals surface area contributed by atoms with E-state index >= 15 is 0 Å². The number of cyclic esters (lactones) is 1. The summed E-state index contributed by atoms with van der Waals surface area (Å²) in [5.41, 5.74) is 3.64. The smallest absolute Gasteiger partial charge is 0.414 e. The number of nitrogens with zero attached hydrogens (tertiary/aromatic N) is 4. The molecule has 1 amide bonds. The van der Waals surface area contributed by atoms with E-state index in [0.29, 0.717) is 18.8 Å². The van der Waals surface area contributed by atoms with Gasteiger partial charge >= 0.3 is 12.1 Å². The van der Waals surface area contributed by atoms with Crippen molar-refractivity contribution in [3.63, 3.8) is 0 Å². The molecule has 1 aliphatic rings. The molecule has 1 saturated heterocycles. The first-order chi connectivity index (χ1) is 12.3. The van der Waals surface area contributed by atoms with E-state index in [0.717, 1.165) is 16.8 Å². The van der Waals surface area contributed by atoms with Gasteiger partial charge in [-0.2, -0.15) is 0 Å². The fourth-order valence-electron chi connectivity index (χ4n) is 2.78. The highest BCUT2D eigenvalue weighted by Crippen LogP contribution is 2.28. The molecule has 0 spiro atoms. The topological polar surface area (TPSA) is 86.5 Å².